The van der Waals surface area contributed by atoms with Gasteiger partial charge in [0, 0.05) is 6.42 Å². The van der Waals surface area contributed by atoms with Crippen molar-refractivity contribution in [3.8, 4) is 0 Å². The van der Waals surface area contributed by atoms with E-state index in [-0.39, 0.29) is 19.3 Å². The Hall–Kier alpha value is -0.280. The Balaban J connectivity index is -0.000000187. The summed E-state index contributed by atoms with van der Waals surface area (Å²) in [5.74, 6) is -0.0972. The Morgan fingerprint density at radius 3 is 1.20 bits per heavy atom. The minimum Gasteiger partial charge on any atom is -0.248 e. The van der Waals surface area contributed by atoms with Crippen LogP contribution in [0.2, 0.25) is 0 Å². The molecule has 0 fully saturated rings. The van der Waals surface area contributed by atoms with Crippen LogP contribution in [0.3, 0.4) is 0 Å². The van der Waals surface area contributed by atoms with Crippen LogP contribution < -0.4 is 0 Å². The van der Waals surface area contributed by atoms with Crippen LogP contribution in [0.25, 0.3) is 0 Å². The molecule has 0 saturated carbocycles. The maximum Gasteiger partial charge on any atom is 0.389 e. The minimum atomic E-state index is -3.98. The molecule has 0 saturated heterocycles. The van der Waals surface area contributed by atoms with Gasteiger partial charge < -0.3 is 0 Å². The maximum absolute atomic E-state index is 11.8. The van der Waals surface area contributed by atoms with Crippen LogP contribution in [-0.4, -0.2) is 12.3 Å². The number of halogens is 4. The van der Waals surface area contributed by atoms with Crippen LogP contribution in [-0.2, 0) is 0 Å². The molecule has 15 heavy (non-hydrogen) atoms. The predicted octanol–water partition coefficient (Wildman–Crippen LogP) is 5.23. The molecule has 0 aliphatic heterocycles. The largest absolute Gasteiger partial charge is 0.389 e. The van der Waals surface area contributed by atoms with Gasteiger partial charge >= 0.3 is 6.18 Å². The van der Waals surface area contributed by atoms with Crippen LogP contribution >= 0.6 is 0 Å². The standard InChI is InChI=1S/C5H9F3.C5H11F.CH4/c1-4(2)3-5(6,7)8;1-4(2)5(3)6;/h4H,3H2,1-2H3;4-5H,1-3H3;1H4. The first kappa shape index (κ1) is 20.2. The zero-order valence-electron chi connectivity index (χ0n) is 9.45. The third kappa shape index (κ3) is 24.8. The Bertz CT molecular complexity index is 119. The van der Waals surface area contributed by atoms with Gasteiger partial charge in [0.1, 0.15) is 0 Å². The van der Waals surface area contributed by atoms with Gasteiger partial charge in [0.25, 0.3) is 0 Å². The normalized spacial score (nSPS) is 13.0. The molecule has 0 nitrogen and oxygen atoms in total. The topological polar surface area (TPSA) is 0 Å². The molecule has 0 aliphatic carbocycles. The SMILES string of the molecule is C.CC(C)C(C)F.CC(C)CC(F)(F)F. The van der Waals surface area contributed by atoms with E-state index in [1.807, 2.05) is 13.8 Å². The van der Waals surface area contributed by atoms with Crippen molar-refractivity contribution in [1.29, 1.82) is 0 Å². The van der Waals surface area contributed by atoms with Crippen LogP contribution in [0.4, 0.5) is 17.6 Å². The molecule has 0 aliphatic rings. The summed E-state index contributed by atoms with van der Waals surface area (Å²) in [6, 6.07) is 0. The van der Waals surface area contributed by atoms with Gasteiger partial charge in [-0.25, -0.2) is 4.39 Å². The van der Waals surface area contributed by atoms with Gasteiger partial charge in [-0.3, -0.25) is 0 Å². The Kier molecular flexibility index (Phi) is 12.1. The maximum atomic E-state index is 11.8. The van der Waals surface area contributed by atoms with Crippen molar-refractivity contribution in [3.05, 3.63) is 0 Å². The quantitative estimate of drug-likeness (QED) is 0.572. The van der Waals surface area contributed by atoms with E-state index in [9.17, 15) is 17.6 Å². The number of rotatable bonds is 2. The highest BCUT2D eigenvalue weighted by Crippen LogP contribution is 2.23. The molecule has 0 spiro atoms. The number of alkyl halides is 4. The number of hydrogen-bond donors (Lipinski definition) is 0. The summed E-state index contributed by atoms with van der Waals surface area (Å²) in [4.78, 5) is 0. The van der Waals surface area contributed by atoms with Crippen molar-refractivity contribution in [2.75, 3.05) is 0 Å². The third-order valence-electron chi connectivity index (χ3n) is 1.56. The summed E-state index contributed by atoms with van der Waals surface area (Å²) >= 11 is 0. The highest BCUT2D eigenvalue weighted by atomic mass is 19.4. The fourth-order valence-electron chi connectivity index (χ4n) is 0.463. The summed E-state index contributed by atoms with van der Waals surface area (Å²) in [6.07, 6.45) is -5.30. The molecule has 0 rings (SSSR count). The second-order valence-electron chi connectivity index (χ2n) is 4.13. The fourth-order valence-corrected chi connectivity index (χ4v) is 0.463. The summed E-state index contributed by atoms with van der Waals surface area (Å²) in [7, 11) is 0. The first-order valence-corrected chi connectivity index (χ1v) is 4.77. The molecule has 0 aromatic heterocycles. The van der Waals surface area contributed by atoms with Gasteiger partial charge in [-0.1, -0.05) is 35.1 Å². The van der Waals surface area contributed by atoms with E-state index in [2.05, 4.69) is 0 Å². The van der Waals surface area contributed by atoms with Crippen LogP contribution in [0.5, 0.6) is 0 Å². The van der Waals surface area contributed by atoms with Crippen molar-refractivity contribution in [2.24, 2.45) is 11.8 Å². The molecule has 0 aromatic carbocycles. The second-order valence-corrected chi connectivity index (χ2v) is 4.13. The monoisotopic (exact) mass is 232 g/mol. The first-order chi connectivity index (χ1) is 6.06. The van der Waals surface area contributed by atoms with Gasteiger partial charge in [0.05, 0.1) is 6.17 Å². The molecular formula is C11H24F4. The van der Waals surface area contributed by atoms with Gasteiger partial charge in [0.2, 0.25) is 0 Å². The summed E-state index contributed by atoms with van der Waals surface area (Å²) in [5.41, 5.74) is 0. The van der Waals surface area contributed by atoms with E-state index < -0.39 is 18.8 Å². The molecule has 1 unspecified atom stereocenters. The lowest BCUT2D eigenvalue weighted by molar-refractivity contribution is -0.141. The Morgan fingerprint density at radius 2 is 1.20 bits per heavy atom. The lowest BCUT2D eigenvalue weighted by Crippen LogP contribution is -2.10. The Labute approximate surface area is 91.1 Å². The van der Waals surface area contributed by atoms with E-state index in [1.54, 1.807) is 20.8 Å². The van der Waals surface area contributed by atoms with E-state index >= 15 is 0 Å². The summed E-state index contributed by atoms with van der Waals surface area (Å²) in [5, 5.41) is 0. The zero-order valence-corrected chi connectivity index (χ0v) is 9.45. The third-order valence-corrected chi connectivity index (χ3v) is 1.56. The molecule has 0 heterocycles. The van der Waals surface area contributed by atoms with Gasteiger partial charge in [-0.15, -0.1) is 0 Å². The molecular weight excluding hydrogens is 208 g/mol. The van der Waals surface area contributed by atoms with Crippen molar-refractivity contribution in [3.63, 3.8) is 0 Å². The average Bonchev–Trinajstić information content (AvgIpc) is 1.81. The molecule has 96 valence electrons. The summed E-state index contributed by atoms with van der Waals surface area (Å²) < 4.78 is 45.7. The van der Waals surface area contributed by atoms with Crippen LogP contribution in [0.1, 0.15) is 48.5 Å². The van der Waals surface area contributed by atoms with Crippen molar-refractivity contribution < 1.29 is 17.6 Å². The lowest BCUT2D eigenvalue weighted by Gasteiger charge is -2.07. The molecule has 4 heteroatoms. The fraction of sp³-hybridized carbons (Fsp3) is 1.00. The number of hydrogen-bond acceptors (Lipinski definition) is 0. The molecule has 1 atom stereocenters. The molecule has 0 radical (unpaired) electrons. The van der Waals surface area contributed by atoms with Crippen molar-refractivity contribution in [1.82, 2.24) is 0 Å². The molecule has 0 N–H and O–H groups in total. The first-order valence-electron chi connectivity index (χ1n) is 4.77. The van der Waals surface area contributed by atoms with Crippen molar-refractivity contribution in [2.45, 2.75) is 60.8 Å². The highest BCUT2D eigenvalue weighted by molar-refractivity contribution is 4.52. The second kappa shape index (κ2) is 8.98. The molecule has 0 bridgehead atoms. The van der Waals surface area contributed by atoms with E-state index in [4.69, 9.17) is 0 Å². The van der Waals surface area contributed by atoms with Crippen LogP contribution in [0, 0.1) is 11.8 Å². The molecule has 0 aromatic rings. The van der Waals surface area contributed by atoms with E-state index in [0.29, 0.717) is 0 Å². The van der Waals surface area contributed by atoms with Gasteiger partial charge in [0.15, 0.2) is 0 Å². The van der Waals surface area contributed by atoms with E-state index in [1.165, 1.54) is 0 Å². The summed E-state index contributed by atoms with van der Waals surface area (Å²) in [6.45, 7) is 8.40. The van der Waals surface area contributed by atoms with Crippen molar-refractivity contribution >= 4 is 0 Å². The highest BCUT2D eigenvalue weighted by Gasteiger charge is 2.27. The molecule has 0 amide bonds. The smallest absolute Gasteiger partial charge is 0.248 e. The Morgan fingerprint density at radius 1 is 0.933 bits per heavy atom. The van der Waals surface area contributed by atoms with Crippen LogP contribution in [0.15, 0.2) is 0 Å². The van der Waals surface area contributed by atoms with Gasteiger partial charge in [-0.05, 0) is 18.8 Å². The minimum absolute atomic E-state index is 0. The lowest BCUT2D eigenvalue weighted by atomic mass is 10.1. The van der Waals surface area contributed by atoms with E-state index in [0.717, 1.165) is 0 Å². The average molecular weight is 232 g/mol. The zero-order chi connectivity index (χ0) is 11.9. The predicted molar refractivity (Wildman–Crippen MR) is 57.6 cm³/mol. The van der Waals surface area contributed by atoms with Gasteiger partial charge in [-0.2, -0.15) is 13.2 Å².